The van der Waals surface area contributed by atoms with Gasteiger partial charge in [0, 0.05) is 30.1 Å². The summed E-state index contributed by atoms with van der Waals surface area (Å²) in [6.07, 6.45) is 0.654. The minimum absolute atomic E-state index is 0.0179. The molecule has 2 atom stereocenters. The van der Waals surface area contributed by atoms with Gasteiger partial charge in [-0.15, -0.1) is 11.3 Å². The fourth-order valence-electron chi connectivity index (χ4n) is 4.08. The summed E-state index contributed by atoms with van der Waals surface area (Å²) in [6.45, 7) is 3.71. The van der Waals surface area contributed by atoms with Crippen molar-refractivity contribution in [1.29, 1.82) is 0 Å². The summed E-state index contributed by atoms with van der Waals surface area (Å²) in [6, 6.07) is 11.1. The molecule has 0 spiro atoms. The molecule has 0 N–H and O–H groups in total. The molecule has 164 valence electrons. The minimum atomic E-state index is -0.532. The van der Waals surface area contributed by atoms with Gasteiger partial charge < -0.3 is 19.3 Å². The first-order chi connectivity index (χ1) is 15.0. The van der Waals surface area contributed by atoms with Crippen molar-refractivity contribution in [3.63, 3.8) is 0 Å². The Labute approximate surface area is 185 Å². The second-order valence-corrected chi connectivity index (χ2v) is 8.78. The van der Waals surface area contributed by atoms with E-state index in [1.54, 1.807) is 9.80 Å². The van der Waals surface area contributed by atoms with E-state index in [9.17, 15) is 14.4 Å². The number of anilines is 1. The van der Waals surface area contributed by atoms with E-state index in [1.807, 2.05) is 48.7 Å². The van der Waals surface area contributed by atoms with E-state index in [4.69, 9.17) is 9.47 Å². The van der Waals surface area contributed by atoms with E-state index >= 15 is 0 Å². The predicted molar refractivity (Wildman–Crippen MR) is 117 cm³/mol. The minimum Gasteiger partial charge on any atom is -0.455 e. The number of nitrogens with zero attached hydrogens (tertiary/aromatic N) is 2. The number of thiophene rings is 1. The molecule has 4 rings (SSSR count). The maximum atomic E-state index is 13.1. The van der Waals surface area contributed by atoms with E-state index < -0.39 is 17.9 Å². The smallest absolute Gasteiger partial charge is 0.311 e. The van der Waals surface area contributed by atoms with Crippen LogP contribution in [0, 0.1) is 12.8 Å². The Morgan fingerprint density at radius 1 is 1.16 bits per heavy atom. The normalized spacial score (nSPS) is 21.8. The summed E-state index contributed by atoms with van der Waals surface area (Å²) in [5, 5.41) is 1.94. The Bertz CT molecular complexity index is 922. The van der Waals surface area contributed by atoms with Crippen LogP contribution in [0.15, 0.2) is 41.8 Å². The number of amides is 2. The average molecular weight is 443 g/mol. The first-order valence-corrected chi connectivity index (χ1v) is 11.4. The number of esters is 1. The molecule has 0 aliphatic carbocycles. The molecule has 2 fully saturated rings. The molecular formula is C23H26N2O5S. The molecule has 2 amide bonds. The third kappa shape index (κ3) is 4.80. The second-order valence-electron chi connectivity index (χ2n) is 7.81. The zero-order chi connectivity index (χ0) is 21.8. The topological polar surface area (TPSA) is 76.2 Å². The van der Waals surface area contributed by atoms with Crippen LogP contribution in [0.2, 0.25) is 0 Å². The highest BCUT2D eigenvalue weighted by molar-refractivity contribution is 7.10. The van der Waals surface area contributed by atoms with Gasteiger partial charge in [-0.1, -0.05) is 23.8 Å². The molecule has 2 aromatic rings. The highest BCUT2D eigenvalue weighted by atomic mass is 32.1. The summed E-state index contributed by atoms with van der Waals surface area (Å²) in [5.74, 6) is -1.21. The molecule has 31 heavy (non-hydrogen) atoms. The van der Waals surface area contributed by atoms with Crippen molar-refractivity contribution in [1.82, 2.24) is 4.90 Å². The molecule has 0 unspecified atom stereocenters. The van der Waals surface area contributed by atoms with E-state index in [2.05, 4.69) is 0 Å². The molecule has 7 nitrogen and oxygen atoms in total. The fraction of sp³-hybridized carbons (Fsp3) is 0.435. The molecule has 0 bridgehead atoms. The Kier molecular flexibility index (Phi) is 6.67. The zero-order valence-electron chi connectivity index (χ0n) is 17.5. The molecule has 1 aromatic carbocycles. The predicted octanol–water partition coefficient (Wildman–Crippen LogP) is 2.94. The standard InChI is InChI=1S/C23H26N2O5S/c1-16-4-6-17(7-5-16)25-20(26)9-8-18(22(25)19-3-2-14-31-19)23(28)30-15-21(27)24-10-12-29-13-11-24/h2-7,14,18,22H,8-13,15H2,1H3/t18-,22-/m0/s1. The van der Waals surface area contributed by atoms with Gasteiger partial charge in [0.1, 0.15) is 0 Å². The van der Waals surface area contributed by atoms with Crippen LogP contribution in [0.3, 0.4) is 0 Å². The van der Waals surface area contributed by atoms with Gasteiger partial charge in [0.2, 0.25) is 5.91 Å². The Hall–Kier alpha value is -2.71. The largest absolute Gasteiger partial charge is 0.455 e. The number of morpholine rings is 1. The summed E-state index contributed by atoms with van der Waals surface area (Å²) >= 11 is 1.51. The van der Waals surface area contributed by atoms with Gasteiger partial charge in [0.25, 0.3) is 5.91 Å². The maximum Gasteiger partial charge on any atom is 0.311 e. The number of piperidine rings is 1. The van der Waals surface area contributed by atoms with Crippen LogP contribution in [0.5, 0.6) is 0 Å². The molecule has 0 saturated carbocycles. The molecule has 1 aromatic heterocycles. The molecule has 8 heteroatoms. The van der Waals surface area contributed by atoms with E-state index in [0.29, 0.717) is 32.7 Å². The summed E-state index contributed by atoms with van der Waals surface area (Å²) in [5.41, 5.74) is 1.86. The van der Waals surface area contributed by atoms with Crippen molar-refractivity contribution >= 4 is 34.8 Å². The van der Waals surface area contributed by atoms with Crippen molar-refractivity contribution in [2.75, 3.05) is 37.8 Å². The number of carbonyl (C=O) groups excluding carboxylic acids is 3. The number of carbonyl (C=O) groups is 3. The monoisotopic (exact) mass is 442 g/mol. The lowest BCUT2D eigenvalue weighted by Gasteiger charge is -2.39. The van der Waals surface area contributed by atoms with Gasteiger partial charge in [-0.05, 0) is 36.9 Å². The van der Waals surface area contributed by atoms with Crippen molar-refractivity contribution in [3.05, 3.63) is 52.2 Å². The quantitative estimate of drug-likeness (QED) is 0.666. The third-order valence-electron chi connectivity index (χ3n) is 5.75. The maximum absolute atomic E-state index is 13.1. The van der Waals surface area contributed by atoms with Gasteiger partial charge >= 0.3 is 5.97 Å². The first kappa shape index (κ1) is 21.5. The lowest BCUT2D eigenvalue weighted by molar-refractivity contribution is -0.158. The third-order valence-corrected chi connectivity index (χ3v) is 6.69. The number of hydrogen-bond donors (Lipinski definition) is 0. The SMILES string of the molecule is Cc1ccc(N2C(=O)CC[C@H](C(=O)OCC(=O)N3CCOCC3)[C@H]2c2cccs2)cc1. The number of rotatable bonds is 5. The Morgan fingerprint density at radius 2 is 1.90 bits per heavy atom. The highest BCUT2D eigenvalue weighted by Gasteiger charge is 2.43. The zero-order valence-corrected chi connectivity index (χ0v) is 18.3. The number of ether oxygens (including phenoxy) is 2. The molecule has 2 aliphatic heterocycles. The lowest BCUT2D eigenvalue weighted by Crippen LogP contribution is -2.47. The molecule has 2 aliphatic rings. The van der Waals surface area contributed by atoms with Crippen LogP contribution < -0.4 is 4.90 Å². The number of hydrogen-bond acceptors (Lipinski definition) is 6. The van der Waals surface area contributed by atoms with Crippen LogP contribution in [-0.4, -0.2) is 55.6 Å². The molecule has 2 saturated heterocycles. The fourth-order valence-corrected chi connectivity index (χ4v) is 4.96. The molecule has 3 heterocycles. The van der Waals surface area contributed by atoms with E-state index in [0.717, 1.165) is 16.1 Å². The van der Waals surface area contributed by atoms with Gasteiger partial charge in [-0.3, -0.25) is 14.4 Å². The molecule has 0 radical (unpaired) electrons. The summed E-state index contributed by atoms with van der Waals surface area (Å²) < 4.78 is 10.7. The van der Waals surface area contributed by atoms with Crippen molar-refractivity contribution < 1.29 is 23.9 Å². The van der Waals surface area contributed by atoms with Gasteiger partial charge in [-0.2, -0.15) is 0 Å². The van der Waals surface area contributed by atoms with Crippen LogP contribution in [0.25, 0.3) is 0 Å². The number of benzene rings is 1. The Morgan fingerprint density at radius 3 is 2.58 bits per heavy atom. The summed E-state index contributed by atoms with van der Waals surface area (Å²) in [7, 11) is 0. The number of aryl methyl sites for hydroxylation is 1. The van der Waals surface area contributed by atoms with Gasteiger partial charge in [0.15, 0.2) is 6.61 Å². The summed E-state index contributed by atoms with van der Waals surface area (Å²) in [4.78, 5) is 42.7. The van der Waals surface area contributed by atoms with Crippen molar-refractivity contribution in [3.8, 4) is 0 Å². The average Bonchev–Trinajstić information content (AvgIpc) is 3.33. The lowest BCUT2D eigenvalue weighted by atomic mass is 9.87. The highest BCUT2D eigenvalue weighted by Crippen LogP contribution is 2.42. The first-order valence-electron chi connectivity index (χ1n) is 10.5. The van der Waals surface area contributed by atoms with Crippen molar-refractivity contribution in [2.24, 2.45) is 5.92 Å². The van der Waals surface area contributed by atoms with Crippen LogP contribution in [0.1, 0.15) is 29.3 Å². The van der Waals surface area contributed by atoms with Crippen LogP contribution >= 0.6 is 11.3 Å². The van der Waals surface area contributed by atoms with E-state index in [-0.39, 0.29) is 24.8 Å². The second kappa shape index (κ2) is 9.62. The van der Waals surface area contributed by atoms with Crippen LogP contribution in [-0.2, 0) is 23.9 Å². The van der Waals surface area contributed by atoms with Crippen LogP contribution in [0.4, 0.5) is 5.69 Å². The van der Waals surface area contributed by atoms with Crippen molar-refractivity contribution in [2.45, 2.75) is 25.8 Å². The van der Waals surface area contributed by atoms with Gasteiger partial charge in [0.05, 0.1) is 25.2 Å². The van der Waals surface area contributed by atoms with E-state index in [1.165, 1.54) is 11.3 Å². The van der Waals surface area contributed by atoms with Gasteiger partial charge in [-0.25, -0.2) is 0 Å². The molecular weight excluding hydrogens is 416 g/mol. The Balaban J connectivity index is 1.54.